The Morgan fingerprint density at radius 1 is 1.54 bits per heavy atom. The molecule has 2 aliphatic rings. The zero-order chi connectivity index (χ0) is 17.4. The standard InChI is InChI=1S/C19H21NO4/c1-4-8-24-19(23)17-14(13-7-5-6-11(2)9-13)10-15-16(12(3)21)18(22)20(15)17/h4-7,9,12,15-16,21H,1,8,10H2,2-3H3/t12-,15-,16-/m1/s1. The van der Waals surface area contributed by atoms with Crippen LogP contribution >= 0.6 is 0 Å². The van der Waals surface area contributed by atoms with Gasteiger partial charge in [-0.2, -0.15) is 0 Å². The molecule has 3 rings (SSSR count). The van der Waals surface area contributed by atoms with E-state index in [2.05, 4.69) is 6.58 Å². The first kappa shape index (κ1) is 16.5. The molecule has 1 amide bonds. The van der Waals surface area contributed by atoms with Crippen molar-refractivity contribution in [3.63, 3.8) is 0 Å². The lowest BCUT2D eigenvalue weighted by molar-refractivity contribution is -0.162. The highest BCUT2D eigenvalue weighted by Gasteiger charge is 2.56. The molecule has 24 heavy (non-hydrogen) atoms. The van der Waals surface area contributed by atoms with Crippen molar-refractivity contribution in [3.05, 3.63) is 53.7 Å². The Hall–Kier alpha value is -2.40. The average molecular weight is 327 g/mol. The van der Waals surface area contributed by atoms with Gasteiger partial charge in [-0.05, 0) is 31.4 Å². The minimum absolute atomic E-state index is 0.0932. The molecule has 0 unspecified atom stereocenters. The topological polar surface area (TPSA) is 66.8 Å². The van der Waals surface area contributed by atoms with Crippen LogP contribution in [0.1, 0.15) is 24.5 Å². The number of carbonyl (C=O) groups excluding carboxylic acids is 2. The molecule has 0 spiro atoms. The predicted molar refractivity (Wildman–Crippen MR) is 89.7 cm³/mol. The van der Waals surface area contributed by atoms with E-state index < -0.39 is 18.0 Å². The summed E-state index contributed by atoms with van der Waals surface area (Å²) in [6.07, 6.45) is 1.30. The molecule has 1 saturated heterocycles. The summed E-state index contributed by atoms with van der Waals surface area (Å²) < 4.78 is 5.18. The van der Waals surface area contributed by atoms with Gasteiger partial charge in [0, 0.05) is 0 Å². The number of hydrogen-bond acceptors (Lipinski definition) is 4. The number of rotatable bonds is 5. The zero-order valence-corrected chi connectivity index (χ0v) is 13.9. The fraction of sp³-hybridized carbons (Fsp3) is 0.368. The van der Waals surface area contributed by atoms with Gasteiger partial charge in [0.05, 0.1) is 18.1 Å². The Kier molecular flexibility index (Phi) is 4.28. The molecule has 2 aliphatic heterocycles. The molecule has 0 saturated carbocycles. The van der Waals surface area contributed by atoms with Crippen LogP contribution in [0.3, 0.4) is 0 Å². The van der Waals surface area contributed by atoms with Crippen LogP contribution in [0.2, 0.25) is 0 Å². The molecule has 1 fully saturated rings. The second-order valence-electron chi connectivity index (χ2n) is 6.33. The van der Waals surface area contributed by atoms with Crippen LogP contribution in [0.4, 0.5) is 0 Å². The summed E-state index contributed by atoms with van der Waals surface area (Å²) in [5.41, 5.74) is 3.09. The number of esters is 1. The van der Waals surface area contributed by atoms with Crippen molar-refractivity contribution in [1.29, 1.82) is 0 Å². The summed E-state index contributed by atoms with van der Waals surface area (Å²) in [5.74, 6) is -1.20. The van der Waals surface area contributed by atoms with E-state index in [-0.39, 0.29) is 18.6 Å². The SMILES string of the molecule is C=CCOC(=O)C1=C(c2cccc(C)c2)C[C@@H]2[C@@H]([C@@H](C)O)C(=O)N12. The second kappa shape index (κ2) is 6.24. The number of amides is 1. The van der Waals surface area contributed by atoms with Gasteiger partial charge >= 0.3 is 5.97 Å². The van der Waals surface area contributed by atoms with Gasteiger partial charge < -0.3 is 14.7 Å². The van der Waals surface area contributed by atoms with E-state index in [1.807, 2.05) is 31.2 Å². The van der Waals surface area contributed by atoms with E-state index in [4.69, 9.17) is 4.74 Å². The van der Waals surface area contributed by atoms with Crippen molar-refractivity contribution in [2.75, 3.05) is 6.61 Å². The van der Waals surface area contributed by atoms with Crippen molar-refractivity contribution in [2.24, 2.45) is 5.92 Å². The van der Waals surface area contributed by atoms with E-state index >= 15 is 0 Å². The maximum Gasteiger partial charge on any atom is 0.355 e. The van der Waals surface area contributed by atoms with E-state index in [1.54, 1.807) is 6.92 Å². The van der Waals surface area contributed by atoms with Crippen LogP contribution in [0.15, 0.2) is 42.6 Å². The van der Waals surface area contributed by atoms with Gasteiger partial charge in [0.2, 0.25) is 5.91 Å². The van der Waals surface area contributed by atoms with Gasteiger partial charge in [0.1, 0.15) is 12.3 Å². The third-order valence-electron chi connectivity index (χ3n) is 4.62. The van der Waals surface area contributed by atoms with E-state index in [9.17, 15) is 14.7 Å². The monoisotopic (exact) mass is 327 g/mol. The zero-order valence-electron chi connectivity index (χ0n) is 13.9. The van der Waals surface area contributed by atoms with Crippen molar-refractivity contribution < 1.29 is 19.4 Å². The number of aliphatic hydroxyl groups excluding tert-OH is 1. The van der Waals surface area contributed by atoms with Crippen LogP contribution in [0.25, 0.3) is 5.57 Å². The fourth-order valence-corrected chi connectivity index (χ4v) is 3.55. The highest BCUT2D eigenvalue weighted by atomic mass is 16.5. The Labute approximate surface area is 141 Å². The van der Waals surface area contributed by atoms with Gasteiger partial charge in [-0.3, -0.25) is 4.79 Å². The predicted octanol–water partition coefficient (Wildman–Crippen LogP) is 2.05. The van der Waals surface area contributed by atoms with Crippen molar-refractivity contribution >= 4 is 17.4 Å². The number of benzene rings is 1. The molecule has 126 valence electrons. The first-order valence-corrected chi connectivity index (χ1v) is 8.05. The highest BCUT2D eigenvalue weighted by Crippen LogP contribution is 2.47. The van der Waals surface area contributed by atoms with Crippen LogP contribution in [0, 0.1) is 12.8 Å². The van der Waals surface area contributed by atoms with Crippen LogP contribution in [-0.2, 0) is 14.3 Å². The number of aryl methyl sites for hydroxylation is 1. The lowest BCUT2D eigenvalue weighted by Crippen LogP contribution is -2.61. The third kappa shape index (κ3) is 2.55. The maximum atomic E-state index is 12.5. The summed E-state index contributed by atoms with van der Waals surface area (Å²) in [7, 11) is 0. The largest absolute Gasteiger partial charge is 0.457 e. The van der Waals surface area contributed by atoms with E-state index in [0.29, 0.717) is 12.1 Å². The molecule has 1 aromatic carbocycles. The van der Waals surface area contributed by atoms with Gasteiger partial charge in [-0.15, -0.1) is 0 Å². The Morgan fingerprint density at radius 3 is 2.92 bits per heavy atom. The molecule has 0 radical (unpaired) electrons. The van der Waals surface area contributed by atoms with Gasteiger partial charge in [0.15, 0.2) is 0 Å². The molecular weight excluding hydrogens is 306 g/mol. The summed E-state index contributed by atoms with van der Waals surface area (Å²) in [4.78, 5) is 26.4. The van der Waals surface area contributed by atoms with Crippen LogP contribution in [-0.4, -0.2) is 40.6 Å². The number of carbonyl (C=O) groups is 2. The molecule has 1 aromatic rings. The second-order valence-corrected chi connectivity index (χ2v) is 6.33. The minimum Gasteiger partial charge on any atom is -0.457 e. The summed E-state index contributed by atoms with van der Waals surface area (Å²) in [6.45, 7) is 7.22. The molecule has 3 atom stereocenters. The number of hydrogen-bond donors (Lipinski definition) is 1. The number of β-lactam (4-membered cyclic amide) rings is 1. The Morgan fingerprint density at radius 2 is 2.29 bits per heavy atom. The molecule has 1 N–H and O–H groups in total. The number of aliphatic hydroxyl groups is 1. The van der Waals surface area contributed by atoms with Crippen LogP contribution in [0.5, 0.6) is 0 Å². The summed E-state index contributed by atoms with van der Waals surface area (Å²) in [5, 5.41) is 9.86. The Balaban J connectivity index is 2.01. The van der Waals surface area contributed by atoms with E-state index in [0.717, 1.165) is 16.7 Å². The quantitative estimate of drug-likeness (QED) is 0.511. The number of nitrogens with zero attached hydrogens (tertiary/aromatic N) is 1. The molecule has 2 heterocycles. The van der Waals surface area contributed by atoms with Gasteiger partial charge in [0.25, 0.3) is 0 Å². The van der Waals surface area contributed by atoms with E-state index in [1.165, 1.54) is 11.0 Å². The molecule has 0 aromatic heterocycles. The summed E-state index contributed by atoms with van der Waals surface area (Å²) in [6, 6.07) is 7.64. The molecule has 5 heteroatoms. The van der Waals surface area contributed by atoms with Crippen LogP contribution < -0.4 is 0 Å². The molecule has 5 nitrogen and oxygen atoms in total. The molecule has 0 bridgehead atoms. The maximum absolute atomic E-state index is 12.5. The Bertz CT molecular complexity index is 735. The number of fused-ring (bicyclic) bond motifs is 1. The molecular formula is C19H21NO4. The van der Waals surface area contributed by atoms with Gasteiger partial charge in [-0.25, -0.2) is 4.79 Å². The normalized spacial score (nSPS) is 23.6. The number of ether oxygens (including phenoxy) is 1. The highest BCUT2D eigenvalue weighted by molar-refractivity contribution is 6.06. The van der Waals surface area contributed by atoms with Crippen molar-refractivity contribution in [1.82, 2.24) is 4.90 Å². The minimum atomic E-state index is -0.735. The summed E-state index contributed by atoms with van der Waals surface area (Å²) >= 11 is 0. The molecule has 0 aliphatic carbocycles. The average Bonchev–Trinajstić information content (AvgIpc) is 2.87. The lowest BCUT2D eigenvalue weighted by atomic mass is 9.82. The third-order valence-corrected chi connectivity index (χ3v) is 4.62. The van der Waals surface area contributed by atoms with Gasteiger partial charge in [-0.1, -0.05) is 42.5 Å². The van der Waals surface area contributed by atoms with Crippen molar-refractivity contribution in [2.45, 2.75) is 32.4 Å². The fourth-order valence-electron chi connectivity index (χ4n) is 3.55. The van der Waals surface area contributed by atoms with Crippen molar-refractivity contribution in [3.8, 4) is 0 Å². The first-order chi connectivity index (χ1) is 11.5. The smallest absolute Gasteiger partial charge is 0.355 e. The lowest BCUT2D eigenvalue weighted by Gasteiger charge is -2.44. The first-order valence-electron chi connectivity index (χ1n) is 8.05.